The van der Waals surface area contributed by atoms with E-state index in [1.165, 1.54) is 50.5 Å². The van der Waals surface area contributed by atoms with E-state index in [0.717, 1.165) is 6.42 Å². The number of benzene rings is 3. The van der Waals surface area contributed by atoms with Gasteiger partial charge in [0.05, 0.1) is 17.5 Å². The van der Waals surface area contributed by atoms with Gasteiger partial charge in [-0.2, -0.15) is 4.57 Å². The average molecular weight is 360 g/mol. The zero-order valence-electron chi connectivity index (χ0n) is 16.2. The molecule has 1 aliphatic heterocycles. The van der Waals surface area contributed by atoms with Crippen LogP contribution < -0.4 is 4.57 Å². The first-order chi connectivity index (χ1) is 13.7. The van der Waals surface area contributed by atoms with E-state index >= 15 is 0 Å². The van der Waals surface area contributed by atoms with E-state index in [4.69, 9.17) is 0 Å². The Bertz CT molecular complexity index is 1250. The van der Waals surface area contributed by atoms with Crippen LogP contribution in [0.5, 0.6) is 0 Å². The molecule has 1 aromatic heterocycles. The molecule has 0 radical (unpaired) electrons. The second-order valence-electron chi connectivity index (χ2n) is 8.44. The quantitative estimate of drug-likeness (QED) is 0.331. The first-order valence-electron chi connectivity index (χ1n) is 10.0. The van der Waals surface area contributed by atoms with Crippen LogP contribution in [0, 0.1) is 0 Å². The Morgan fingerprint density at radius 2 is 1.43 bits per heavy atom. The third-order valence-corrected chi connectivity index (χ3v) is 6.55. The summed E-state index contributed by atoms with van der Waals surface area (Å²) in [6, 6.07) is 31.1. The molecule has 3 aromatic carbocycles. The highest BCUT2D eigenvalue weighted by molar-refractivity contribution is 5.80. The Labute approximate surface area is 165 Å². The van der Waals surface area contributed by atoms with Crippen molar-refractivity contribution in [3.05, 3.63) is 107 Å². The molecule has 0 atom stereocenters. The van der Waals surface area contributed by atoms with Crippen molar-refractivity contribution in [3.8, 4) is 28.1 Å². The summed E-state index contributed by atoms with van der Waals surface area (Å²) in [5.41, 5.74) is 12.4. The molecule has 1 heteroatoms. The lowest BCUT2D eigenvalue weighted by Gasteiger charge is -2.20. The standard InChI is InChI=1S/C27H22N/c1-27(2)22-14-8-7-13-20(22)26-23(27)17-21(18-10-4-3-5-11-18)25-16-19-12-6-9-15-24(19)28(25)26/h3-15,17H,16H2,1-2H3/q+1. The monoisotopic (exact) mass is 360 g/mol. The van der Waals surface area contributed by atoms with Crippen molar-refractivity contribution in [3.63, 3.8) is 0 Å². The van der Waals surface area contributed by atoms with Gasteiger partial charge in [0.2, 0.25) is 17.1 Å². The molecule has 2 heterocycles. The van der Waals surface area contributed by atoms with Crippen LogP contribution in [0.3, 0.4) is 0 Å². The molecule has 0 bridgehead atoms. The van der Waals surface area contributed by atoms with E-state index in [9.17, 15) is 0 Å². The van der Waals surface area contributed by atoms with Gasteiger partial charge in [-0.1, -0.05) is 80.6 Å². The molecule has 0 amide bonds. The maximum absolute atomic E-state index is 2.54. The summed E-state index contributed by atoms with van der Waals surface area (Å²) >= 11 is 0. The second-order valence-corrected chi connectivity index (χ2v) is 8.44. The number of hydrogen-bond donors (Lipinski definition) is 0. The highest BCUT2D eigenvalue weighted by Crippen LogP contribution is 2.49. The molecule has 134 valence electrons. The lowest BCUT2D eigenvalue weighted by atomic mass is 9.82. The van der Waals surface area contributed by atoms with Gasteiger partial charge in [0, 0.05) is 22.6 Å². The van der Waals surface area contributed by atoms with E-state index in [1.54, 1.807) is 0 Å². The molecule has 0 saturated carbocycles. The van der Waals surface area contributed by atoms with Crippen molar-refractivity contribution < 1.29 is 4.57 Å². The Kier molecular flexibility index (Phi) is 3.06. The SMILES string of the molecule is CC1(C)c2ccccc2-c2c1cc(-c1ccccc1)c1[n+]2-c2ccccc2C1. The van der Waals surface area contributed by atoms with Crippen LogP contribution in [0.25, 0.3) is 28.1 Å². The fraction of sp³-hybridized carbons (Fsp3) is 0.148. The van der Waals surface area contributed by atoms with Crippen LogP contribution in [0.2, 0.25) is 0 Å². The van der Waals surface area contributed by atoms with Gasteiger partial charge < -0.3 is 0 Å². The summed E-state index contributed by atoms with van der Waals surface area (Å²) in [6.07, 6.45) is 0.982. The van der Waals surface area contributed by atoms with Crippen LogP contribution in [0.15, 0.2) is 84.9 Å². The lowest BCUT2D eigenvalue weighted by molar-refractivity contribution is -0.585. The number of rotatable bonds is 1. The van der Waals surface area contributed by atoms with Crippen LogP contribution >= 0.6 is 0 Å². The molecule has 0 unspecified atom stereocenters. The second kappa shape index (κ2) is 5.42. The minimum atomic E-state index is -0.00494. The molecule has 0 fully saturated rings. The van der Waals surface area contributed by atoms with Crippen molar-refractivity contribution in [1.82, 2.24) is 0 Å². The summed E-state index contributed by atoms with van der Waals surface area (Å²) in [4.78, 5) is 0. The molecule has 4 aromatic rings. The molecule has 28 heavy (non-hydrogen) atoms. The lowest BCUT2D eigenvalue weighted by Crippen LogP contribution is -2.36. The Hall–Kier alpha value is -3.19. The molecule has 1 aliphatic carbocycles. The molecular weight excluding hydrogens is 338 g/mol. The number of fused-ring (bicyclic) bond motifs is 7. The van der Waals surface area contributed by atoms with Crippen molar-refractivity contribution in [2.75, 3.05) is 0 Å². The van der Waals surface area contributed by atoms with Crippen LogP contribution in [-0.4, -0.2) is 0 Å². The molecule has 2 aliphatic rings. The summed E-state index contributed by atoms with van der Waals surface area (Å²) in [5.74, 6) is 0. The largest absolute Gasteiger partial charge is 0.223 e. The Morgan fingerprint density at radius 3 is 2.29 bits per heavy atom. The molecular formula is C27H22N+. The topological polar surface area (TPSA) is 3.88 Å². The molecule has 6 rings (SSSR count). The van der Waals surface area contributed by atoms with E-state index in [2.05, 4.69) is 103 Å². The summed E-state index contributed by atoms with van der Waals surface area (Å²) in [7, 11) is 0. The molecule has 0 saturated heterocycles. The third-order valence-electron chi connectivity index (χ3n) is 6.55. The summed E-state index contributed by atoms with van der Waals surface area (Å²) in [5, 5.41) is 0. The van der Waals surface area contributed by atoms with E-state index in [1.807, 2.05) is 0 Å². The maximum atomic E-state index is 2.54. The van der Waals surface area contributed by atoms with Crippen molar-refractivity contribution in [1.29, 1.82) is 0 Å². The van der Waals surface area contributed by atoms with Gasteiger partial charge in [-0.05, 0) is 23.3 Å². The minimum absolute atomic E-state index is 0.00494. The van der Waals surface area contributed by atoms with Gasteiger partial charge in [-0.3, -0.25) is 0 Å². The third kappa shape index (κ3) is 1.94. The first-order valence-corrected chi connectivity index (χ1v) is 10.0. The van der Waals surface area contributed by atoms with Crippen molar-refractivity contribution >= 4 is 0 Å². The fourth-order valence-corrected chi connectivity index (χ4v) is 5.16. The normalized spacial score (nSPS) is 14.9. The number of pyridine rings is 1. The fourth-order valence-electron chi connectivity index (χ4n) is 5.16. The average Bonchev–Trinajstić information content (AvgIpc) is 3.22. The number of para-hydroxylation sites is 1. The van der Waals surface area contributed by atoms with E-state index in [-0.39, 0.29) is 5.41 Å². The predicted molar refractivity (Wildman–Crippen MR) is 114 cm³/mol. The van der Waals surface area contributed by atoms with Gasteiger partial charge in [-0.15, -0.1) is 0 Å². The van der Waals surface area contributed by atoms with E-state index < -0.39 is 0 Å². The number of nitrogens with zero attached hydrogens (tertiary/aromatic N) is 1. The minimum Gasteiger partial charge on any atom is -0.156 e. The zero-order valence-corrected chi connectivity index (χ0v) is 16.2. The van der Waals surface area contributed by atoms with Crippen molar-refractivity contribution in [2.45, 2.75) is 25.7 Å². The number of aromatic nitrogens is 1. The van der Waals surface area contributed by atoms with Gasteiger partial charge in [0.15, 0.2) is 0 Å². The molecule has 0 spiro atoms. The summed E-state index contributed by atoms with van der Waals surface area (Å²) < 4.78 is 2.54. The zero-order chi connectivity index (χ0) is 18.9. The van der Waals surface area contributed by atoms with Gasteiger partial charge in [0.1, 0.15) is 0 Å². The smallest absolute Gasteiger partial charge is 0.156 e. The molecule has 0 N–H and O–H groups in total. The Balaban J connectivity index is 1.78. The maximum Gasteiger partial charge on any atom is 0.223 e. The first kappa shape index (κ1) is 15.8. The highest BCUT2D eigenvalue weighted by atomic mass is 15.0. The van der Waals surface area contributed by atoms with Crippen LogP contribution in [0.4, 0.5) is 0 Å². The van der Waals surface area contributed by atoms with Crippen LogP contribution in [-0.2, 0) is 11.8 Å². The predicted octanol–water partition coefficient (Wildman–Crippen LogP) is 5.84. The van der Waals surface area contributed by atoms with Crippen molar-refractivity contribution in [2.24, 2.45) is 0 Å². The summed E-state index contributed by atoms with van der Waals surface area (Å²) in [6.45, 7) is 4.72. The van der Waals surface area contributed by atoms with Gasteiger partial charge in [-0.25, -0.2) is 0 Å². The van der Waals surface area contributed by atoms with Gasteiger partial charge in [0.25, 0.3) is 0 Å². The van der Waals surface area contributed by atoms with Gasteiger partial charge >= 0.3 is 0 Å². The highest BCUT2D eigenvalue weighted by Gasteiger charge is 2.45. The van der Waals surface area contributed by atoms with E-state index in [0.29, 0.717) is 0 Å². The number of hydrogen-bond acceptors (Lipinski definition) is 0. The Morgan fingerprint density at radius 1 is 0.714 bits per heavy atom. The van der Waals surface area contributed by atoms with Crippen LogP contribution in [0.1, 0.15) is 36.2 Å². The molecule has 1 nitrogen and oxygen atoms in total.